The van der Waals surface area contributed by atoms with Gasteiger partial charge in [0.2, 0.25) is 10.0 Å². The van der Waals surface area contributed by atoms with Crippen molar-refractivity contribution in [1.82, 2.24) is 4.31 Å². The van der Waals surface area contributed by atoms with E-state index in [1.165, 1.54) is 16.4 Å². The third-order valence-electron chi connectivity index (χ3n) is 3.86. The van der Waals surface area contributed by atoms with E-state index in [4.69, 9.17) is 17.3 Å². The standard InChI is InChI=1S/C14H21ClN2O2S/c1-10-12(15)7-11(8-13(10)16)20(18,19)17-6-4-5-14(2,3)9-17/h7-8H,4-6,9,16H2,1-3H3. The minimum absolute atomic E-state index is 0.00531. The van der Waals surface area contributed by atoms with Gasteiger partial charge in [0, 0.05) is 23.8 Å². The number of rotatable bonds is 2. The summed E-state index contributed by atoms with van der Waals surface area (Å²) in [4.78, 5) is 0.184. The highest BCUT2D eigenvalue weighted by molar-refractivity contribution is 7.89. The Kier molecular flexibility index (Phi) is 4.06. The van der Waals surface area contributed by atoms with Crippen molar-refractivity contribution in [2.75, 3.05) is 18.8 Å². The van der Waals surface area contributed by atoms with Crippen LogP contribution >= 0.6 is 11.6 Å². The third kappa shape index (κ3) is 2.95. The zero-order valence-electron chi connectivity index (χ0n) is 12.1. The van der Waals surface area contributed by atoms with Crippen molar-refractivity contribution in [1.29, 1.82) is 0 Å². The Hall–Kier alpha value is -0.780. The molecule has 1 fully saturated rings. The molecule has 0 spiro atoms. The highest BCUT2D eigenvalue weighted by atomic mass is 35.5. The summed E-state index contributed by atoms with van der Waals surface area (Å²) in [6.45, 7) is 7.03. The summed E-state index contributed by atoms with van der Waals surface area (Å²) in [6, 6.07) is 2.99. The largest absolute Gasteiger partial charge is 0.398 e. The second-order valence-corrected chi connectivity index (χ2v) is 8.57. The fourth-order valence-electron chi connectivity index (χ4n) is 2.55. The van der Waals surface area contributed by atoms with Crippen LogP contribution in [0.1, 0.15) is 32.3 Å². The Morgan fingerprint density at radius 2 is 2.00 bits per heavy atom. The van der Waals surface area contributed by atoms with Gasteiger partial charge >= 0.3 is 0 Å². The first-order chi connectivity index (χ1) is 9.13. The van der Waals surface area contributed by atoms with Gasteiger partial charge in [-0.15, -0.1) is 0 Å². The number of nitrogens with zero attached hydrogens (tertiary/aromatic N) is 1. The minimum atomic E-state index is -3.53. The average molecular weight is 317 g/mol. The maximum absolute atomic E-state index is 12.7. The average Bonchev–Trinajstić information content (AvgIpc) is 2.34. The van der Waals surface area contributed by atoms with Crippen molar-refractivity contribution in [2.45, 2.75) is 38.5 Å². The van der Waals surface area contributed by atoms with Gasteiger partial charge in [0.25, 0.3) is 0 Å². The fourth-order valence-corrected chi connectivity index (χ4v) is 4.57. The van der Waals surface area contributed by atoms with Gasteiger partial charge in [-0.25, -0.2) is 8.42 Å². The van der Waals surface area contributed by atoms with E-state index in [1.807, 2.05) is 0 Å². The van der Waals surface area contributed by atoms with Gasteiger partial charge in [0.15, 0.2) is 0 Å². The zero-order valence-corrected chi connectivity index (χ0v) is 13.7. The van der Waals surface area contributed by atoms with Gasteiger partial charge in [-0.2, -0.15) is 4.31 Å². The number of anilines is 1. The molecule has 1 aromatic rings. The van der Waals surface area contributed by atoms with E-state index in [0.29, 0.717) is 29.4 Å². The lowest BCUT2D eigenvalue weighted by Gasteiger charge is -2.37. The van der Waals surface area contributed by atoms with E-state index < -0.39 is 10.0 Å². The SMILES string of the molecule is Cc1c(N)cc(S(=O)(=O)N2CCCC(C)(C)C2)cc1Cl. The summed E-state index contributed by atoms with van der Waals surface area (Å²) < 4.78 is 26.9. The van der Waals surface area contributed by atoms with Crippen molar-refractivity contribution in [3.8, 4) is 0 Å². The van der Waals surface area contributed by atoms with E-state index in [-0.39, 0.29) is 10.3 Å². The van der Waals surface area contributed by atoms with Crippen molar-refractivity contribution in [3.05, 3.63) is 22.7 Å². The van der Waals surface area contributed by atoms with Gasteiger partial charge in [0.05, 0.1) is 4.90 Å². The number of halogens is 1. The zero-order chi connectivity index (χ0) is 15.1. The maximum atomic E-state index is 12.7. The second-order valence-electron chi connectivity index (χ2n) is 6.23. The number of sulfonamides is 1. The molecule has 0 aromatic heterocycles. The number of nitrogens with two attached hydrogens (primary N) is 1. The summed E-state index contributed by atoms with van der Waals surface area (Å²) >= 11 is 6.06. The van der Waals surface area contributed by atoms with E-state index in [2.05, 4.69) is 13.8 Å². The molecule has 4 nitrogen and oxygen atoms in total. The first-order valence-electron chi connectivity index (χ1n) is 6.69. The minimum Gasteiger partial charge on any atom is -0.398 e. The monoisotopic (exact) mass is 316 g/mol. The molecular weight excluding hydrogens is 296 g/mol. The summed E-state index contributed by atoms with van der Waals surface area (Å²) in [7, 11) is -3.53. The second kappa shape index (κ2) is 5.20. The van der Waals surface area contributed by atoms with E-state index >= 15 is 0 Å². The van der Waals surface area contributed by atoms with Gasteiger partial charge < -0.3 is 5.73 Å². The predicted octanol–water partition coefficient (Wildman–Crippen LogP) is 3.04. The lowest BCUT2D eigenvalue weighted by molar-refractivity contribution is 0.187. The maximum Gasteiger partial charge on any atom is 0.243 e. The van der Waals surface area contributed by atoms with E-state index in [1.54, 1.807) is 6.92 Å². The molecule has 1 heterocycles. The summed E-state index contributed by atoms with van der Waals surface area (Å²) in [5.74, 6) is 0. The molecule has 0 amide bonds. The first-order valence-corrected chi connectivity index (χ1v) is 8.51. The summed E-state index contributed by atoms with van der Waals surface area (Å²) in [6.07, 6.45) is 1.91. The van der Waals surface area contributed by atoms with Crippen molar-refractivity contribution in [3.63, 3.8) is 0 Å². The van der Waals surface area contributed by atoms with Crippen LogP contribution in [-0.2, 0) is 10.0 Å². The molecule has 1 aliphatic rings. The molecule has 6 heteroatoms. The molecule has 2 rings (SSSR count). The molecule has 1 aliphatic heterocycles. The molecule has 0 unspecified atom stereocenters. The molecule has 0 aliphatic carbocycles. The lowest BCUT2D eigenvalue weighted by atomic mass is 9.85. The van der Waals surface area contributed by atoms with Gasteiger partial charge in [-0.1, -0.05) is 25.4 Å². The van der Waals surface area contributed by atoms with Crippen molar-refractivity contribution >= 4 is 27.3 Å². The summed E-state index contributed by atoms with van der Waals surface area (Å²) in [5.41, 5.74) is 6.96. The molecule has 112 valence electrons. The molecule has 0 saturated carbocycles. The topological polar surface area (TPSA) is 63.4 Å². The fraction of sp³-hybridized carbons (Fsp3) is 0.571. The van der Waals surface area contributed by atoms with Gasteiger partial charge in [-0.3, -0.25) is 0 Å². The number of piperidine rings is 1. The van der Waals surface area contributed by atoms with Crippen LogP contribution in [0.2, 0.25) is 5.02 Å². The number of hydrogen-bond acceptors (Lipinski definition) is 3. The molecule has 1 aromatic carbocycles. The van der Waals surface area contributed by atoms with Crippen molar-refractivity contribution in [2.24, 2.45) is 5.41 Å². The molecule has 1 saturated heterocycles. The lowest BCUT2D eigenvalue weighted by Crippen LogP contribution is -2.43. The highest BCUT2D eigenvalue weighted by Crippen LogP contribution is 2.33. The van der Waals surface area contributed by atoms with Crippen LogP contribution in [0.4, 0.5) is 5.69 Å². The Morgan fingerprint density at radius 3 is 2.55 bits per heavy atom. The highest BCUT2D eigenvalue weighted by Gasteiger charge is 2.34. The normalized spacial score (nSPS) is 20.0. The molecule has 0 radical (unpaired) electrons. The van der Waals surface area contributed by atoms with Crippen LogP contribution in [-0.4, -0.2) is 25.8 Å². The number of hydrogen-bond donors (Lipinski definition) is 1. The van der Waals surface area contributed by atoms with E-state index in [0.717, 1.165) is 12.8 Å². The predicted molar refractivity (Wildman–Crippen MR) is 82.4 cm³/mol. The van der Waals surface area contributed by atoms with Crippen LogP contribution in [0.25, 0.3) is 0 Å². The first kappa shape index (κ1) is 15.6. The molecule has 20 heavy (non-hydrogen) atoms. The number of nitrogen functional groups attached to an aromatic ring is 1. The third-order valence-corrected chi connectivity index (χ3v) is 6.08. The smallest absolute Gasteiger partial charge is 0.243 e. The Labute approximate surface area is 126 Å². The van der Waals surface area contributed by atoms with Gasteiger partial charge in [0.1, 0.15) is 0 Å². The quantitative estimate of drug-likeness (QED) is 0.853. The van der Waals surface area contributed by atoms with E-state index in [9.17, 15) is 8.42 Å². The van der Waals surface area contributed by atoms with Crippen LogP contribution in [0.3, 0.4) is 0 Å². The van der Waals surface area contributed by atoms with Crippen LogP contribution in [0.5, 0.6) is 0 Å². The van der Waals surface area contributed by atoms with Crippen LogP contribution < -0.4 is 5.73 Å². The summed E-state index contributed by atoms with van der Waals surface area (Å²) in [5, 5.41) is 0.389. The molecule has 2 N–H and O–H groups in total. The van der Waals surface area contributed by atoms with Crippen LogP contribution in [0, 0.1) is 12.3 Å². The molecule has 0 atom stereocenters. The Balaban J connectivity index is 2.40. The van der Waals surface area contributed by atoms with Gasteiger partial charge in [-0.05, 0) is 42.9 Å². The molecular formula is C14H21ClN2O2S. The Bertz CT molecular complexity index is 603. The molecule has 0 bridgehead atoms. The van der Waals surface area contributed by atoms with Crippen molar-refractivity contribution < 1.29 is 8.42 Å². The number of benzene rings is 1. The Morgan fingerprint density at radius 1 is 1.35 bits per heavy atom. The van der Waals surface area contributed by atoms with Crippen LogP contribution in [0.15, 0.2) is 17.0 Å².